The van der Waals surface area contributed by atoms with Crippen molar-refractivity contribution in [3.05, 3.63) is 28.2 Å². The first-order valence-electron chi connectivity index (χ1n) is 6.72. The van der Waals surface area contributed by atoms with Crippen LogP contribution in [0.15, 0.2) is 17.1 Å². The molecule has 1 saturated carbocycles. The number of alkyl halides is 3. The summed E-state index contributed by atoms with van der Waals surface area (Å²) in [5, 5.41) is 1.37. The van der Waals surface area contributed by atoms with Gasteiger partial charge in [0.2, 0.25) is 5.91 Å². The van der Waals surface area contributed by atoms with Gasteiger partial charge in [0.25, 0.3) is 5.56 Å². The van der Waals surface area contributed by atoms with Crippen LogP contribution in [-0.4, -0.2) is 29.3 Å². The summed E-state index contributed by atoms with van der Waals surface area (Å²) in [5.74, 6) is -1.05. The third-order valence-electron chi connectivity index (χ3n) is 3.70. The molecule has 1 aliphatic carbocycles. The first-order chi connectivity index (χ1) is 10.4. The van der Waals surface area contributed by atoms with Gasteiger partial charge in [0.15, 0.2) is 9.84 Å². The summed E-state index contributed by atoms with van der Waals surface area (Å²) >= 11 is 0. The average molecular weight is 352 g/mol. The number of aromatic nitrogens is 1. The number of carbonyl (C=O) groups excluding carboxylic acids is 1. The third kappa shape index (κ3) is 3.26. The molecule has 1 aromatic rings. The van der Waals surface area contributed by atoms with Crippen molar-refractivity contribution in [1.82, 2.24) is 4.98 Å². The molecule has 1 heterocycles. The summed E-state index contributed by atoms with van der Waals surface area (Å²) in [6, 6.07) is 0.469. The van der Waals surface area contributed by atoms with Crippen LogP contribution in [0.1, 0.15) is 32.3 Å². The highest BCUT2D eigenvalue weighted by Crippen LogP contribution is 2.36. The SMILES string of the molecule is CC(C)(C(=O)Nc1cc(C(F)(F)F)c[nH]c1=O)S(=O)(=O)C1CC1. The Bertz CT molecular complexity index is 792. The summed E-state index contributed by atoms with van der Waals surface area (Å²) < 4.78 is 60.5. The van der Waals surface area contributed by atoms with Crippen molar-refractivity contribution in [3.8, 4) is 0 Å². The zero-order valence-corrected chi connectivity index (χ0v) is 13.1. The van der Waals surface area contributed by atoms with Crippen LogP contribution >= 0.6 is 0 Å². The summed E-state index contributed by atoms with van der Waals surface area (Å²) in [6.45, 7) is 2.33. The molecule has 2 N–H and O–H groups in total. The predicted molar refractivity (Wildman–Crippen MR) is 76.7 cm³/mol. The first-order valence-corrected chi connectivity index (χ1v) is 8.27. The maximum absolute atomic E-state index is 12.6. The highest BCUT2D eigenvalue weighted by atomic mass is 32.2. The molecule has 2 rings (SSSR count). The van der Waals surface area contributed by atoms with Crippen LogP contribution in [0.3, 0.4) is 0 Å². The lowest BCUT2D eigenvalue weighted by Gasteiger charge is -2.23. The maximum Gasteiger partial charge on any atom is 0.417 e. The van der Waals surface area contributed by atoms with Crippen molar-refractivity contribution in [2.24, 2.45) is 0 Å². The van der Waals surface area contributed by atoms with Gasteiger partial charge < -0.3 is 10.3 Å². The van der Waals surface area contributed by atoms with E-state index in [1.54, 1.807) is 0 Å². The number of H-pyrrole nitrogens is 1. The Labute approximate surface area is 130 Å². The highest BCUT2D eigenvalue weighted by molar-refractivity contribution is 7.94. The predicted octanol–water partition coefficient (Wildman–Crippen LogP) is 1.69. The van der Waals surface area contributed by atoms with Crippen molar-refractivity contribution >= 4 is 21.4 Å². The Morgan fingerprint density at radius 2 is 1.87 bits per heavy atom. The van der Waals surface area contributed by atoms with E-state index in [1.807, 2.05) is 10.3 Å². The Morgan fingerprint density at radius 1 is 1.30 bits per heavy atom. The number of aromatic amines is 1. The first kappa shape index (κ1) is 17.5. The Kier molecular flexibility index (Phi) is 4.08. The molecule has 0 saturated heterocycles. The van der Waals surface area contributed by atoms with Gasteiger partial charge in [-0.1, -0.05) is 0 Å². The van der Waals surface area contributed by atoms with E-state index in [1.165, 1.54) is 0 Å². The molecule has 23 heavy (non-hydrogen) atoms. The minimum Gasteiger partial charge on any atom is -0.327 e. The van der Waals surface area contributed by atoms with E-state index >= 15 is 0 Å². The van der Waals surface area contributed by atoms with Gasteiger partial charge in [-0.15, -0.1) is 0 Å². The molecule has 0 bridgehead atoms. The van der Waals surface area contributed by atoms with Crippen LogP contribution in [0.4, 0.5) is 18.9 Å². The summed E-state index contributed by atoms with van der Waals surface area (Å²) in [6.07, 6.45) is -3.34. The molecule has 1 aliphatic rings. The average Bonchev–Trinajstić information content (AvgIpc) is 3.24. The lowest BCUT2D eigenvalue weighted by atomic mass is 10.2. The molecule has 0 radical (unpaired) electrons. The Morgan fingerprint density at radius 3 is 2.35 bits per heavy atom. The number of sulfone groups is 1. The number of anilines is 1. The fourth-order valence-corrected chi connectivity index (χ4v) is 3.84. The number of hydrogen-bond acceptors (Lipinski definition) is 4. The second-order valence-corrected chi connectivity index (χ2v) is 8.62. The van der Waals surface area contributed by atoms with Crippen LogP contribution < -0.4 is 10.9 Å². The van der Waals surface area contributed by atoms with Gasteiger partial charge in [0.05, 0.1) is 10.8 Å². The van der Waals surface area contributed by atoms with Gasteiger partial charge in [-0.3, -0.25) is 9.59 Å². The molecule has 0 atom stereocenters. The number of rotatable bonds is 4. The van der Waals surface area contributed by atoms with E-state index in [9.17, 15) is 31.2 Å². The normalized spacial score (nSPS) is 16.2. The van der Waals surface area contributed by atoms with Crippen molar-refractivity contribution in [2.45, 2.75) is 42.9 Å². The summed E-state index contributed by atoms with van der Waals surface area (Å²) in [7, 11) is -3.78. The number of amides is 1. The minimum absolute atomic E-state index is 0.448. The van der Waals surface area contributed by atoms with Crippen molar-refractivity contribution in [2.75, 3.05) is 5.32 Å². The highest BCUT2D eigenvalue weighted by Gasteiger charge is 2.50. The molecule has 10 heteroatoms. The fourth-order valence-electron chi connectivity index (χ4n) is 1.94. The molecule has 0 aliphatic heterocycles. The van der Waals surface area contributed by atoms with Crippen LogP contribution in [0, 0.1) is 0 Å². The molecule has 1 aromatic heterocycles. The van der Waals surface area contributed by atoms with Gasteiger partial charge in [0.1, 0.15) is 10.4 Å². The van der Waals surface area contributed by atoms with Gasteiger partial charge in [-0.2, -0.15) is 13.2 Å². The van der Waals surface area contributed by atoms with Crippen LogP contribution in [0.25, 0.3) is 0 Å². The fraction of sp³-hybridized carbons (Fsp3) is 0.538. The largest absolute Gasteiger partial charge is 0.417 e. The number of hydrogen-bond donors (Lipinski definition) is 2. The Balaban J connectivity index is 2.32. The van der Waals surface area contributed by atoms with E-state index in [0.717, 1.165) is 13.8 Å². The molecule has 0 unspecified atom stereocenters. The van der Waals surface area contributed by atoms with Crippen LogP contribution in [0.5, 0.6) is 0 Å². The van der Waals surface area contributed by atoms with Crippen LogP contribution in [-0.2, 0) is 20.8 Å². The van der Waals surface area contributed by atoms with E-state index in [-0.39, 0.29) is 0 Å². The second kappa shape index (κ2) is 5.36. The number of pyridine rings is 1. The summed E-state index contributed by atoms with van der Waals surface area (Å²) in [5.41, 5.74) is -2.76. The quantitative estimate of drug-likeness (QED) is 0.862. The maximum atomic E-state index is 12.6. The molecular formula is C13H15F3N2O4S. The molecule has 0 spiro atoms. The molecule has 1 amide bonds. The lowest BCUT2D eigenvalue weighted by Crippen LogP contribution is -2.46. The van der Waals surface area contributed by atoms with Crippen molar-refractivity contribution < 1.29 is 26.4 Å². The zero-order chi connectivity index (χ0) is 17.6. The molecule has 1 fully saturated rings. The summed E-state index contributed by atoms with van der Waals surface area (Å²) in [4.78, 5) is 25.6. The molecule has 128 valence electrons. The van der Waals surface area contributed by atoms with Crippen LogP contribution in [0.2, 0.25) is 0 Å². The second-order valence-electron chi connectivity index (χ2n) is 5.84. The monoisotopic (exact) mass is 352 g/mol. The number of halogens is 3. The van der Waals surface area contributed by atoms with Gasteiger partial charge >= 0.3 is 6.18 Å². The smallest absolute Gasteiger partial charge is 0.327 e. The zero-order valence-electron chi connectivity index (χ0n) is 12.3. The topological polar surface area (TPSA) is 96.1 Å². The molecule has 0 aromatic carbocycles. The van der Waals surface area contributed by atoms with E-state index in [2.05, 4.69) is 0 Å². The lowest BCUT2D eigenvalue weighted by molar-refractivity contribution is -0.137. The van der Waals surface area contributed by atoms with E-state index < -0.39 is 48.7 Å². The Hall–Kier alpha value is -1.84. The van der Waals surface area contributed by atoms with E-state index in [0.29, 0.717) is 25.1 Å². The number of nitrogens with one attached hydrogen (secondary N) is 2. The number of carbonyl (C=O) groups is 1. The van der Waals surface area contributed by atoms with Gasteiger partial charge in [-0.25, -0.2) is 8.42 Å². The van der Waals surface area contributed by atoms with E-state index in [4.69, 9.17) is 0 Å². The van der Waals surface area contributed by atoms with Crippen molar-refractivity contribution in [3.63, 3.8) is 0 Å². The van der Waals surface area contributed by atoms with Gasteiger partial charge in [0, 0.05) is 6.20 Å². The third-order valence-corrected chi connectivity index (χ3v) is 6.66. The minimum atomic E-state index is -4.71. The molecular weight excluding hydrogens is 337 g/mol. The van der Waals surface area contributed by atoms with Crippen molar-refractivity contribution in [1.29, 1.82) is 0 Å². The van der Waals surface area contributed by atoms with Gasteiger partial charge in [-0.05, 0) is 32.8 Å². The molecule has 6 nitrogen and oxygen atoms in total. The standard InChI is InChI=1S/C13H15F3N2O4S/c1-12(2,23(21,22)8-3-4-8)11(20)18-9-5-7(13(14,15)16)6-17-10(9)19/h5-6,8H,3-4H2,1-2H3,(H,17,19)(H,18,20).